The maximum absolute atomic E-state index is 11.9. The molecule has 0 amide bonds. The minimum atomic E-state index is -0.167. The van der Waals surface area contributed by atoms with Crippen LogP contribution in [0.3, 0.4) is 0 Å². The number of likely N-dealkylation sites (N-methyl/N-ethyl adjacent to an activating group) is 2. The van der Waals surface area contributed by atoms with Gasteiger partial charge < -0.3 is 19.3 Å². The summed E-state index contributed by atoms with van der Waals surface area (Å²) < 4.78 is 10.6. The van der Waals surface area contributed by atoms with Crippen molar-refractivity contribution >= 4 is 11.9 Å². The van der Waals surface area contributed by atoms with Crippen LogP contribution >= 0.6 is 0 Å². The molecule has 6 heteroatoms. The molecule has 174 valence electrons. The number of carbonyl (C=O) groups is 2. The van der Waals surface area contributed by atoms with Crippen LogP contribution in [-0.4, -0.2) is 75.2 Å². The normalized spacial score (nSPS) is 11.0. The molecule has 0 aromatic heterocycles. The second-order valence-corrected chi connectivity index (χ2v) is 8.02. The highest BCUT2D eigenvalue weighted by Crippen LogP contribution is 2.02. The molecule has 2 rings (SSSR count). The third-order valence-corrected chi connectivity index (χ3v) is 5.25. The van der Waals surface area contributed by atoms with E-state index in [1.807, 2.05) is 74.8 Å². The first-order valence-electron chi connectivity index (χ1n) is 11.3. The molecule has 0 bridgehead atoms. The van der Waals surface area contributed by atoms with Gasteiger partial charge in [-0.3, -0.25) is 9.59 Å². The van der Waals surface area contributed by atoms with Gasteiger partial charge in [0.2, 0.25) is 0 Å². The van der Waals surface area contributed by atoms with Crippen LogP contribution < -0.4 is 0 Å². The summed E-state index contributed by atoms with van der Waals surface area (Å²) in [6, 6.07) is 20.0. The van der Waals surface area contributed by atoms with Gasteiger partial charge in [0.1, 0.15) is 0 Å². The highest BCUT2D eigenvalue weighted by molar-refractivity contribution is 5.69. The van der Waals surface area contributed by atoms with E-state index in [-0.39, 0.29) is 11.9 Å². The zero-order valence-electron chi connectivity index (χ0n) is 19.4. The van der Waals surface area contributed by atoms with Gasteiger partial charge in [0.15, 0.2) is 0 Å². The molecule has 6 nitrogen and oxygen atoms in total. The summed E-state index contributed by atoms with van der Waals surface area (Å²) in [5, 5.41) is 0. The molecule has 0 atom stereocenters. The summed E-state index contributed by atoms with van der Waals surface area (Å²) in [5.41, 5.74) is 2.33. The molecular formula is C26H36N2O4. The molecule has 32 heavy (non-hydrogen) atoms. The van der Waals surface area contributed by atoms with Gasteiger partial charge in [0, 0.05) is 39.0 Å². The quantitative estimate of drug-likeness (QED) is 0.397. The van der Waals surface area contributed by atoms with E-state index >= 15 is 0 Å². The van der Waals surface area contributed by atoms with Crippen LogP contribution in [0, 0.1) is 0 Å². The minimum absolute atomic E-state index is 0.167. The number of rotatable bonds is 15. The van der Waals surface area contributed by atoms with Crippen molar-refractivity contribution in [2.75, 3.05) is 53.5 Å². The van der Waals surface area contributed by atoms with Crippen molar-refractivity contribution in [2.45, 2.75) is 25.7 Å². The fourth-order valence-corrected chi connectivity index (χ4v) is 3.13. The zero-order chi connectivity index (χ0) is 23.0. The highest BCUT2D eigenvalue weighted by atomic mass is 16.5. The van der Waals surface area contributed by atoms with Crippen LogP contribution in [0.2, 0.25) is 0 Å². The van der Waals surface area contributed by atoms with Gasteiger partial charge in [-0.05, 0) is 25.2 Å². The van der Waals surface area contributed by atoms with Crippen LogP contribution in [0.1, 0.15) is 24.0 Å². The van der Waals surface area contributed by atoms with E-state index in [9.17, 15) is 9.59 Å². The highest BCUT2D eigenvalue weighted by Gasteiger charge is 2.09. The molecule has 0 aliphatic carbocycles. The first kappa shape index (κ1) is 25.6. The number of nitrogens with zero attached hydrogens (tertiary/aromatic N) is 2. The third kappa shape index (κ3) is 11.6. The van der Waals surface area contributed by atoms with Gasteiger partial charge in [0.25, 0.3) is 0 Å². The summed E-state index contributed by atoms with van der Waals surface area (Å²) in [6.45, 7) is 3.76. The maximum atomic E-state index is 11.9. The standard InChI is InChI=1S/C26H36N2O4/c1-27(17-13-25(29)31-21-15-23-9-5-3-6-10-23)19-20-28(2)18-14-26(30)32-22-16-24-11-7-4-8-12-24/h3-12H,13-22H2,1-2H3. The Morgan fingerprint density at radius 3 is 1.38 bits per heavy atom. The van der Waals surface area contributed by atoms with Gasteiger partial charge in [-0.15, -0.1) is 0 Å². The molecule has 0 saturated heterocycles. The van der Waals surface area contributed by atoms with E-state index < -0.39 is 0 Å². The number of hydrogen-bond acceptors (Lipinski definition) is 6. The van der Waals surface area contributed by atoms with Gasteiger partial charge in [-0.1, -0.05) is 60.7 Å². The molecule has 0 saturated carbocycles. The Hall–Kier alpha value is -2.70. The Labute approximate surface area is 192 Å². The van der Waals surface area contributed by atoms with Crippen molar-refractivity contribution in [3.8, 4) is 0 Å². The average Bonchev–Trinajstić information content (AvgIpc) is 2.81. The van der Waals surface area contributed by atoms with Crippen molar-refractivity contribution in [1.82, 2.24) is 9.80 Å². The summed E-state index contributed by atoms with van der Waals surface area (Å²) >= 11 is 0. The Kier molecular flexibility index (Phi) is 12.1. The lowest BCUT2D eigenvalue weighted by Crippen LogP contribution is -2.33. The van der Waals surface area contributed by atoms with Gasteiger partial charge in [0.05, 0.1) is 26.1 Å². The number of esters is 2. The lowest BCUT2D eigenvalue weighted by Gasteiger charge is -2.21. The minimum Gasteiger partial charge on any atom is -0.465 e. The van der Waals surface area contributed by atoms with E-state index in [4.69, 9.17) is 9.47 Å². The van der Waals surface area contributed by atoms with E-state index in [1.54, 1.807) is 0 Å². The molecule has 0 spiro atoms. The zero-order valence-corrected chi connectivity index (χ0v) is 19.4. The molecule has 0 radical (unpaired) electrons. The summed E-state index contributed by atoms with van der Waals surface area (Å²) in [5.74, 6) is -0.334. The maximum Gasteiger partial charge on any atom is 0.307 e. The van der Waals surface area contributed by atoms with Crippen LogP contribution in [0.25, 0.3) is 0 Å². The number of benzene rings is 2. The smallest absolute Gasteiger partial charge is 0.307 e. The van der Waals surface area contributed by atoms with Crippen molar-refractivity contribution in [2.24, 2.45) is 0 Å². The molecule has 0 heterocycles. The molecule has 0 aliphatic rings. The molecule has 0 fully saturated rings. The van der Waals surface area contributed by atoms with Crippen molar-refractivity contribution < 1.29 is 19.1 Å². The van der Waals surface area contributed by atoms with Crippen molar-refractivity contribution in [3.05, 3.63) is 71.8 Å². The first-order chi connectivity index (χ1) is 15.5. The Balaban J connectivity index is 1.47. The van der Waals surface area contributed by atoms with E-state index in [1.165, 1.54) is 11.1 Å². The largest absolute Gasteiger partial charge is 0.465 e. The van der Waals surface area contributed by atoms with Gasteiger partial charge >= 0.3 is 11.9 Å². The Morgan fingerprint density at radius 2 is 1.00 bits per heavy atom. The molecule has 0 aliphatic heterocycles. The molecule has 0 unspecified atom stereocenters. The van der Waals surface area contributed by atoms with E-state index in [0.717, 1.165) is 25.9 Å². The number of hydrogen-bond donors (Lipinski definition) is 0. The van der Waals surface area contributed by atoms with Gasteiger partial charge in [-0.2, -0.15) is 0 Å². The Morgan fingerprint density at radius 1 is 0.625 bits per heavy atom. The fourth-order valence-electron chi connectivity index (χ4n) is 3.13. The van der Waals surface area contributed by atoms with E-state index in [2.05, 4.69) is 9.80 Å². The third-order valence-electron chi connectivity index (χ3n) is 5.25. The fraction of sp³-hybridized carbons (Fsp3) is 0.462. The molecular weight excluding hydrogens is 404 g/mol. The summed E-state index contributed by atoms with van der Waals surface area (Å²) in [7, 11) is 3.98. The topological polar surface area (TPSA) is 59.1 Å². The van der Waals surface area contributed by atoms with Crippen LogP contribution in [0.4, 0.5) is 0 Å². The number of ether oxygens (including phenoxy) is 2. The first-order valence-corrected chi connectivity index (χ1v) is 11.3. The lowest BCUT2D eigenvalue weighted by molar-refractivity contribution is -0.144. The lowest BCUT2D eigenvalue weighted by atomic mass is 10.2. The van der Waals surface area contributed by atoms with Crippen LogP contribution in [-0.2, 0) is 31.9 Å². The van der Waals surface area contributed by atoms with E-state index in [0.29, 0.717) is 39.1 Å². The van der Waals surface area contributed by atoms with Crippen LogP contribution in [0.15, 0.2) is 60.7 Å². The SMILES string of the molecule is CN(CCC(=O)OCCc1ccccc1)CCN(C)CCC(=O)OCCc1ccccc1. The second kappa shape index (κ2) is 15.2. The number of carbonyl (C=O) groups excluding carboxylic acids is 2. The molecule has 0 N–H and O–H groups in total. The summed E-state index contributed by atoms with van der Waals surface area (Å²) in [6.07, 6.45) is 2.23. The predicted octanol–water partition coefficient (Wildman–Crippen LogP) is 3.20. The van der Waals surface area contributed by atoms with Gasteiger partial charge in [-0.25, -0.2) is 0 Å². The Bertz CT molecular complexity index is 715. The predicted molar refractivity (Wildman–Crippen MR) is 126 cm³/mol. The van der Waals surface area contributed by atoms with Crippen molar-refractivity contribution in [1.29, 1.82) is 0 Å². The molecule has 2 aromatic rings. The molecule has 2 aromatic carbocycles. The van der Waals surface area contributed by atoms with Crippen LogP contribution in [0.5, 0.6) is 0 Å². The summed E-state index contributed by atoms with van der Waals surface area (Å²) in [4.78, 5) is 28.0. The monoisotopic (exact) mass is 440 g/mol. The van der Waals surface area contributed by atoms with Crippen molar-refractivity contribution in [3.63, 3.8) is 0 Å². The second-order valence-electron chi connectivity index (χ2n) is 8.02. The average molecular weight is 441 g/mol.